The molecule has 0 aliphatic heterocycles. The van der Waals surface area contributed by atoms with Crippen molar-refractivity contribution in [2.45, 2.75) is 31.2 Å². The molecule has 0 aromatic rings. The van der Waals surface area contributed by atoms with Crippen molar-refractivity contribution in [3.8, 4) is 0 Å². The van der Waals surface area contributed by atoms with E-state index in [0.29, 0.717) is 6.42 Å². The van der Waals surface area contributed by atoms with Crippen LogP contribution in [0.4, 0.5) is 13.2 Å². The summed E-state index contributed by atoms with van der Waals surface area (Å²) >= 11 is 0. The lowest BCUT2D eigenvalue weighted by Crippen LogP contribution is -2.55. The summed E-state index contributed by atoms with van der Waals surface area (Å²) in [5.41, 5.74) is 0. The van der Waals surface area contributed by atoms with Gasteiger partial charge in [0.1, 0.15) is 0 Å². The van der Waals surface area contributed by atoms with Gasteiger partial charge in [0.2, 0.25) is 14.8 Å². The molecule has 0 fully saturated rings. The monoisotopic (exact) mass is 283 g/mol. The van der Waals surface area contributed by atoms with Gasteiger partial charge in [0.25, 0.3) is 0 Å². The zero-order valence-electron chi connectivity index (χ0n) is 10.2. The topological polar surface area (TPSA) is 37.4 Å². The highest BCUT2D eigenvalue weighted by molar-refractivity contribution is 7.91. The molecule has 0 aromatic heterocycles. The standard InChI is InChI=1S/C11H16F3NO2S/c1-3-15(4-2)18(16,17)10(11(12,13)14)8-6-5-7-9-10/h6-9H,3-5H2,1-2H3. The third-order valence-electron chi connectivity index (χ3n) is 2.92. The maximum Gasteiger partial charge on any atom is 0.416 e. The molecule has 0 unspecified atom stereocenters. The van der Waals surface area contributed by atoms with Crippen molar-refractivity contribution < 1.29 is 21.6 Å². The summed E-state index contributed by atoms with van der Waals surface area (Å²) in [4.78, 5) is 0. The third kappa shape index (κ3) is 2.21. The first-order valence-electron chi connectivity index (χ1n) is 5.64. The Labute approximate surface area is 105 Å². The summed E-state index contributed by atoms with van der Waals surface area (Å²) in [6.07, 6.45) is -0.627. The second-order valence-corrected chi connectivity index (χ2v) is 6.06. The average molecular weight is 283 g/mol. The van der Waals surface area contributed by atoms with Crippen molar-refractivity contribution in [2.24, 2.45) is 0 Å². The van der Waals surface area contributed by atoms with E-state index < -0.39 is 20.9 Å². The summed E-state index contributed by atoms with van der Waals surface area (Å²) in [7, 11) is -4.51. The number of halogens is 3. The molecule has 0 spiro atoms. The normalized spacial score (nSPS) is 19.4. The lowest BCUT2D eigenvalue weighted by atomic mass is 10.0. The number of sulfonamides is 1. The minimum atomic E-state index is -4.87. The minimum Gasteiger partial charge on any atom is -0.211 e. The van der Waals surface area contributed by atoms with E-state index in [1.807, 2.05) is 0 Å². The first-order chi connectivity index (χ1) is 8.23. The van der Waals surface area contributed by atoms with Crippen LogP contribution < -0.4 is 0 Å². The summed E-state index contributed by atoms with van der Waals surface area (Å²) in [5.74, 6) is 0. The van der Waals surface area contributed by atoms with Gasteiger partial charge in [0, 0.05) is 13.1 Å². The number of alkyl halides is 3. The van der Waals surface area contributed by atoms with Crippen molar-refractivity contribution in [2.75, 3.05) is 13.1 Å². The Balaban J connectivity index is 3.42. The average Bonchev–Trinajstić information content (AvgIpc) is 2.29. The lowest BCUT2D eigenvalue weighted by Gasteiger charge is -2.35. The van der Waals surface area contributed by atoms with Gasteiger partial charge in [-0.3, -0.25) is 0 Å². The van der Waals surface area contributed by atoms with Gasteiger partial charge in [-0.1, -0.05) is 38.2 Å². The molecule has 7 heteroatoms. The molecule has 1 aliphatic carbocycles. The molecule has 0 N–H and O–H groups in total. The van der Waals surface area contributed by atoms with E-state index in [0.717, 1.165) is 16.5 Å². The summed E-state index contributed by atoms with van der Waals surface area (Å²) < 4.78 is 62.0. The summed E-state index contributed by atoms with van der Waals surface area (Å²) in [6.45, 7) is 3.06. The Morgan fingerprint density at radius 1 is 1.17 bits per heavy atom. The molecule has 0 aromatic carbocycles. The molecule has 0 atom stereocenters. The Kier molecular flexibility index (Phi) is 4.27. The fourth-order valence-electron chi connectivity index (χ4n) is 1.90. The van der Waals surface area contributed by atoms with Crippen LogP contribution in [0.2, 0.25) is 0 Å². The van der Waals surface area contributed by atoms with E-state index in [2.05, 4.69) is 0 Å². The fourth-order valence-corrected chi connectivity index (χ4v) is 3.84. The molecule has 1 rings (SSSR count). The maximum atomic E-state index is 13.2. The molecular weight excluding hydrogens is 267 g/mol. The Bertz CT molecular complexity index is 435. The van der Waals surface area contributed by atoms with Gasteiger partial charge in [-0.2, -0.15) is 13.2 Å². The number of rotatable bonds is 4. The number of hydrogen-bond acceptors (Lipinski definition) is 2. The molecule has 3 nitrogen and oxygen atoms in total. The van der Waals surface area contributed by atoms with Crippen molar-refractivity contribution >= 4 is 10.0 Å². The van der Waals surface area contributed by atoms with Crippen LogP contribution >= 0.6 is 0 Å². The van der Waals surface area contributed by atoms with Crippen molar-refractivity contribution in [3.63, 3.8) is 0 Å². The fraction of sp³-hybridized carbons (Fsp3) is 0.636. The van der Waals surface area contributed by atoms with E-state index in [-0.39, 0.29) is 13.1 Å². The van der Waals surface area contributed by atoms with Crippen molar-refractivity contribution in [1.29, 1.82) is 0 Å². The SMILES string of the molecule is CCN(CC)S(=O)(=O)C1(C(F)(F)F)C=CCC=C1. The predicted molar refractivity (Wildman–Crippen MR) is 63.5 cm³/mol. The molecule has 0 radical (unpaired) electrons. The molecule has 0 amide bonds. The van der Waals surface area contributed by atoms with Gasteiger partial charge < -0.3 is 0 Å². The number of nitrogens with zero attached hydrogens (tertiary/aromatic N) is 1. The van der Waals surface area contributed by atoms with Crippen LogP contribution in [0.1, 0.15) is 20.3 Å². The van der Waals surface area contributed by atoms with Crippen LogP contribution in [0.3, 0.4) is 0 Å². The third-order valence-corrected chi connectivity index (χ3v) is 5.47. The lowest BCUT2D eigenvalue weighted by molar-refractivity contribution is -0.140. The van der Waals surface area contributed by atoms with Crippen LogP contribution in [0.25, 0.3) is 0 Å². The molecule has 0 heterocycles. The molecule has 18 heavy (non-hydrogen) atoms. The summed E-state index contributed by atoms with van der Waals surface area (Å²) in [6, 6.07) is 0. The van der Waals surface area contributed by atoms with Crippen LogP contribution in [-0.2, 0) is 10.0 Å². The molecular formula is C11H16F3NO2S. The largest absolute Gasteiger partial charge is 0.416 e. The molecule has 0 saturated carbocycles. The van der Waals surface area contributed by atoms with E-state index in [4.69, 9.17) is 0 Å². The zero-order valence-corrected chi connectivity index (χ0v) is 11.1. The summed E-state index contributed by atoms with van der Waals surface area (Å²) in [5, 5.41) is 0. The quantitative estimate of drug-likeness (QED) is 0.743. The molecule has 0 bridgehead atoms. The molecule has 1 aliphatic rings. The minimum absolute atomic E-state index is 0.0122. The Hall–Kier alpha value is -0.820. The van der Waals surface area contributed by atoms with Gasteiger partial charge in [-0.05, 0) is 6.42 Å². The molecule has 0 saturated heterocycles. The maximum absolute atomic E-state index is 13.2. The van der Waals surface area contributed by atoms with E-state index in [1.54, 1.807) is 0 Å². The highest BCUT2D eigenvalue weighted by Gasteiger charge is 2.62. The highest BCUT2D eigenvalue weighted by atomic mass is 32.2. The second-order valence-electron chi connectivity index (χ2n) is 3.92. The van der Waals surface area contributed by atoms with Gasteiger partial charge in [0.15, 0.2) is 0 Å². The number of allylic oxidation sites excluding steroid dienone is 2. The first-order valence-corrected chi connectivity index (χ1v) is 7.08. The van der Waals surface area contributed by atoms with Crippen LogP contribution in [-0.4, -0.2) is 36.7 Å². The van der Waals surface area contributed by atoms with Gasteiger partial charge in [-0.15, -0.1) is 0 Å². The Morgan fingerprint density at radius 2 is 1.61 bits per heavy atom. The highest BCUT2D eigenvalue weighted by Crippen LogP contribution is 2.42. The van der Waals surface area contributed by atoms with E-state index in [1.165, 1.54) is 26.0 Å². The van der Waals surface area contributed by atoms with Crippen LogP contribution in [0.5, 0.6) is 0 Å². The smallest absolute Gasteiger partial charge is 0.211 e. The van der Waals surface area contributed by atoms with Gasteiger partial charge in [-0.25, -0.2) is 12.7 Å². The second kappa shape index (κ2) is 5.05. The predicted octanol–water partition coefficient (Wildman–Crippen LogP) is 2.48. The zero-order chi connectivity index (χ0) is 14.0. The number of hydrogen-bond donors (Lipinski definition) is 0. The van der Waals surface area contributed by atoms with E-state index >= 15 is 0 Å². The van der Waals surface area contributed by atoms with Crippen LogP contribution in [0, 0.1) is 0 Å². The van der Waals surface area contributed by atoms with Gasteiger partial charge >= 0.3 is 6.18 Å². The van der Waals surface area contributed by atoms with Crippen molar-refractivity contribution in [1.82, 2.24) is 4.31 Å². The van der Waals surface area contributed by atoms with Crippen molar-refractivity contribution in [3.05, 3.63) is 24.3 Å². The Morgan fingerprint density at radius 3 is 1.94 bits per heavy atom. The molecule has 104 valence electrons. The van der Waals surface area contributed by atoms with E-state index in [9.17, 15) is 21.6 Å². The first kappa shape index (κ1) is 15.2. The van der Waals surface area contributed by atoms with Gasteiger partial charge in [0.05, 0.1) is 0 Å². The van der Waals surface area contributed by atoms with Crippen LogP contribution in [0.15, 0.2) is 24.3 Å².